The lowest BCUT2D eigenvalue weighted by molar-refractivity contribution is -0.385. The van der Waals surface area contributed by atoms with Crippen molar-refractivity contribution in [1.82, 2.24) is 44.9 Å². The number of phenols is 1. The van der Waals surface area contributed by atoms with Gasteiger partial charge in [-0.15, -0.1) is 0 Å². The molecule has 0 saturated heterocycles. The molecule has 0 saturated carbocycles. The molecule has 54 heteroatoms. The molecule has 0 radical (unpaired) electrons. The van der Waals surface area contributed by atoms with E-state index in [2.05, 4.69) is 83.3 Å². The maximum absolute atomic E-state index is 14.1. The van der Waals surface area contributed by atoms with Crippen molar-refractivity contribution in [3.05, 3.63) is 229 Å². The molecule has 11 rings (SSSR count). The number of benzene rings is 2. The van der Waals surface area contributed by atoms with E-state index in [4.69, 9.17) is 76.7 Å². The number of fused-ring (bicyclic) bond motifs is 3. The number of Topliss-reactive ketones (excluding diaryl/α,β-unsaturated/α-hetero) is 8. The molecule has 758 valence electrons. The molecule has 0 aliphatic rings. The van der Waals surface area contributed by atoms with Crippen LogP contribution in [0.5, 0.6) is 51.7 Å². The van der Waals surface area contributed by atoms with E-state index in [0.29, 0.717) is 79.7 Å². The quantitative estimate of drug-likeness (QED) is 0.00691. The minimum atomic E-state index is -3.22. The Morgan fingerprint density at radius 3 is 1.30 bits per heavy atom. The molecule has 9 aromatic heterocycles. The van der Waals surface area contributed by atoms with Crippen molar-refractivity contribution in [1.29, 1.82) is 0 Å². The number of aromatic nitrogens is 9. The number of pyridine rings is 9. The number of hydrogen-bond donors (Lipinski definition) is 3. The number of carbonyl (C=O) groups excluding carboxylic acids is 11. The predicted octanol–water partition coefficient (Wildman–Crippen LogP) is 15.9. The van der Waals surface area contributed by atoms with Crippen LogP contribution >= 0.6 is 62.1 Å². The molecule has 2 atom stereocenters. The zero-order chi connectivity index (χ0) is 108. The van der Waals surface area contributed by atoms with Crippen LogP contribution in [-0.4, -0.2) is 196 Å². The molecule has 142 heavy (non-hydrogen) atoms. The summed E-state index contributed by atoms with van der Waals surface area (Å²) in [7, 11) is 8.39. The number of ketones is 8. The fourth-order valence-electron chi connectivity index (χ4n) is 11.6. The number of anilines is 1. The minimum absolute atomic E-state index is 0.00375. The van der Waals surface area contributed by atoms with E-state index in [0.717, 1.165) is 42.7 Å². The lowest BCUT2D eigenvalue weighted by atomic mass is 9.95. The van der Waals surface area contributed by atoms with Crippen molar-refractivity contribution in [2.24, 2.45) is 0 Å². The number of methoxy groups -OCH3 is 6. The number of phenolic OH excluding ortho intramolecular Hbond substituents is 1. The fraction of sp³-hybridized carbons (Fsp3) is 0.295. The van der Waals surface area contributed by atoms with Gasteiger partial charge in [0.1, 0.15) is 145 Å². The number of hydrogen-bond acceptors (Lipinski definition) is 41. The molecule has 9 heterocycles. The highest BCUT2D eigenvalue weighted by Gasteiger charge is 2.35. The highest BCUT2D eigenvalue weighted by Crippen LogP contribution is 2.61. The number of H-pyrrole nitrogens is 1. The summed E-state index contributed by atoms with van der Waals surface area (Å²) < 4.78 is 86.2. The molecule has 0 aliphatic carbocycles. The van der Waals surface area contributed by atoms with Crippen LogP contribution in [0.2, 0.25) is 10.2 Å². The summed E-state index contributed by atoms with van der Waals surface area (Å²) in [5, 5.41) is 47.6. The summed E-state index contributed by atoms with van der Waals surface area (Å²) >= 11 is 25.5. The van der Waals surface area contributed by atoms with Gasteiger partial charge in [0.2, 0.25) is 5.43 Å². The Morgan fingerprint density at radius 1 is 0.451 bits per heavy atom. The van der Waals surface area contributed by atoms with Crippen molar-refractivity contribution in [2.45, 2.75) is 113 Å². The van der Waals surface area contributed by atoms with Gasteiger partial charge in [0.15, 0.2) is 51.6 Å². The summed E-state index contributed by atoms with van der Waals surface area (Å²) in [6, 6.07) is 18.8. The maximum Gasteiger partial charge on any atom is 0.339 e. The van der Waals surface area contributed by atoms with E-state index in [1.807, 2.05) is 0 Å². The van der Waals surface area contributed by atoms with Crippen LogP contribution in [0.4, 0.5) is 37.2 Å². The van der Waals surface area contributed by atoms with Crippen molar-refractivity contribution < 1.29 is 138 Å². The summed E-state index contributed by atoms with van der Waals surface area (Å²) in [6.07, 6.45) is 7.86. The lowest BCUT2D eigenvalue weighted by Gasteiger charge is -2.15. The van der Waals surface area contributed by atoms with Gasteiger partial charge in [0, 0.05) is 67.1 Å². The van der Waals surface area contributed by atoms with Crippen LogP contribution in [0.15, 0.2) is 133 Å². The van der Waals surface area contributed by atoms with Gasteiger partial charge in [0.25, 0.3) is 22.7 Å². The second-order valence-electron chi connectivity index (χ2n) is 27.9. The largest absolute Gasteiger partial charge is 0.505 e. The lowest BCUT2D eigenvalue weighted by Crippen LogP contribution is -2.24. The number of nitrogen functional groups attached to an aromatic ring is 1. The number of nitrogens with two attached hydrogens (primary N) is 1. The van der Waals surface area contributed by atoms with Crippen molar-refractivity contribution >= 4 is 188 Å². The second kappa shape index (κ2) is 58.4. The Kier molecular flexibility index (Phi) is 49.6. The first-order valence-corrected chi connectivity index (χ1v) is 45.5. The number of aromatic amines is 1. The number of nitrogens with one attached hydrogen (secondary N) is 1. The van der Waals surface area contributed by atoms with Gasteiger partial charge in [-0.3, -0.25) is 118 Å². The number of nitro benzene ring substituents is 2. The van der Waals surface area contributed by atoms with Crippen molar-refractivity contribution in [2.75, 3.05) is 68.2 Å². The summed E-state index contributed by atoms with van der Waals surface area (Å²) in [5.41, 5.74) is 7.95. The molecule has 2 aromatic carbocycles. The van der Waals surface area contributed by atoms with E-state index >= 15 is 0 Å². The minimum Gasteiger partial charge on any atom is -0.505 e. The van der Waals surface area contributed by atoms with Crippen LogP contribution in [0.1, 0.15) is 135 Å². The molecule has 0 amide bonds. The zero-order valence-electron chi connectivity index (χ0n) is 78.1. The number of non-ortho nitro benzene ring substituents is 2. The molecular formula is C88H90Cl5F2N14O32P. The number of nitro groups is 4. The maximum atomic E-state index is 14.1. The smallest absolute Gasteiger partial charge is 0.339 e. The summed E-state index contributed by atoms with van der Waals surface area (Å²) in [6.45, 7) is 16.3. The van der Waals surface area contributed by atoms with E-state index < -0.39 is 89.6 Å². The Hall–Kier alpha value is -15.5. The Morgan fingerprint density at radius 2 is 0.859 bits per heavy atom. The van der Waals surface area contributed by atoms with Gasteiger partial charge in [-0.05, 0) is 128 Å². The molecule has 0 bridgehead atoms. The van der Waals surface area contributed by atoms with Gasteiger partial charge in [-0.2, -0.15) is 0 Å². The normalized spacial score (nSPS) is 10.7. The van der Waals surface area contributed by atoms with Gasteiger partial charge in [-0.25, -0.2) is 33.7 Å². The van der Waals surface area contributed by atoms with Crippen LogP contribution in [0.25, 0.3) is 33.1 Å². The second-order valence-corrected chi connectivity index (χ2v) is 35.3. The zero-order valence-corrected chi connectivity index (χ0v) is 82.8. The van der Waals surface area contributed by atoms with Crippen LogP contribution in [0, 0.1) is 52.1 Å². The number of halogens is 7. The first-order chi connectivity index (χ1) is 66.6. The average molecular weight is 2100 g/mol. The van der Waals surface area contributed by atoms with E-state index in [9.17, 15) is 111 Å². The topological polar surface area (TPSA) is 652 Å². The Labute approximate surface area is 828 Å². The van der Waals surface area contributed by atoms with Crippen LogP contribution < -0.4 is 44.3 Å². The number of carbonyl (C=O) groups is 11. The highest BCUT2D eigenvalue weighted by molar-refractivity contribution is 8.24. The van der Waals surface area contributed by atoms with Crippen molar-refractivity contribution in [3.8, 4) is 51.7 Å². The summed E-state index contributed by atoms with van der Waals surface area (Å²) in [4.78, 5) is 212. The Balaban J connectivity index is 0.000000422. The predicted molar refractivity (Wildman–Crippen MR) is 509 cm³/mol. The molecule has 0 aliphatic heterocycles. The molecule has 11 aromatic rings. The molecule has 4 N–H and O–H groups in total. The summed E-state index contributed by atoms with van der Waals surface area (Å²) in [5.74, 6) is -9.43. The molecular weight excluding hydrogens is 2010 g/mol. The monoisotopic (exact) mass is 2100 g/mol. The average Bonchev–Trinajstić information content (AvgIpc) is 0.790. The van der Waals surface area contributed by atoms with Gasteiger partial charge in [0.05, 0.1) is 152 Å². The number of ether oxygens (including phenoxy) is 10. The van der Waals surface area contributed by atoms with E-state index in [1.54, 1.807) is 51.2 Å². The SMILES string of the molecule is CCOC(=O)C(C(C)=O)c1ncc(N)cc1OC.CCOC(=O)C(C(C)=O)c1ncc([N+](=O)[O-])cc1OC.CCOC(=O)CC(C)=O.COc1cc([N+](=O)[O-])cnc1Cl.COc1cc2[nH]ccc(=O)c2nc1C(C(C)=O)C(C)=O.COc1cc2nccc(Cl)c2nc1C(C(C)=O)C(C)=O.COc1cc2nccc(Oc3ccc([N+](=O)[O-])cc3F)c2nc1CC(C)=O.O=P(Cl)(Cl)Cl.O=[N+]([O-])c1ccc(O)c(F)c1. The molecule has 0 spiro atoms. The first kappa shape index (κ1) is 121. The standard InChI is InChI=1S/C18H14FN3O5.C14H13ClN2O3.C14H14N2O4.C12H14N2O6.C12H16N2O4.C6H5ClN2O3.C6H4FNO3.C6H10O3.Cl3OP/c1-10(23)7-13-17(26-2)9-14-18(21-13)16(5-6-20-14)27-15-4-3-11(22(24)25)8-12(15)19;1-7(18)12(8(2)19)14-11(20-3)6-10-13(17-14)9(15)4-5-16-10;1-7(17)12(8(2)18)14-11(20-3)6-9-13(16-14)10(19)4-5-15-9;1-4-20-12(16)10(7(2)15)11-9(19-3)5-8(6-13-11)14(17)18;1-4-18-12(16)10(7(2)15)11-9(17-3)5-8(13)6-14-11;1-12-5-2-4(9(10)11)3-8-6(5)7;7-5-3-4(8(10)11)1-2-6(5)9;1-3-9-6(8)4-5(2)7;1-5(2,3)4/h3-6,8-9H,7H2,1-2H3;4-6,12H,1-3H3;4-6,12H,1-3H3,(H,15,19);5-6,10H,4H2,1-3H3;5-6,10H,4,13H2,1-3H3;2-3H,1H3;1-3,9H;3-4H2,1-2H3;. The fourth-order valence-corrected chi connectivity index (χ4v) is 11.9. The van der Waals surface area contributed by atoms with Gasteiger partial charge in [-0.1, -0.05) is 23.2 Å². The molecule has 0 fully saturated rings. The third kappa shape index (κ3) is 37.7. The third-order valence-electron chi connectivity index (χ3n) is 17.6. The highest BCUT2D eigenvalue weighted by atomic mass is 36.0. The van der Waals surface area contributed by atoms with Gasteiger partial charge >= 0.3 is 23.1 Å². The third-order valence-corrected chi connectivity index (χ3v) is 18.2. The first-order valence-electron chi connectivity index (χ1n) is 40.3. The number of aromatic hydroxyl groups is 1. The van der Waals surface area contributed by atoms with E-state index in [-0.39, 0.29) is 151 Å². The number of esters is 3. The molecule has 2 unspecified atom stereocenters. The Bertz CT molecular complexity index is 6590. The molecule has 46 nitrogen and oxygen atoms in total. The number of rotatable bonds is 31. The van der Waals surface area contributed by atoms with Crippen molar-refractivity contribution in [3.63, 3.8) is 0 Å². The van der Waals surface area contributed by atoms with E-state index in [1.165, 1.54) is 147 Å². The van der Waals surface area contributed by atoms with Crippen LogP contribution in [-0.2, 0) is 77.9 Å². The van der Waals surface area contributed by atoms with Crippen LogP contribution in [0.3, 0.4) is 0 Å². The number of nitrogens with zero attached hydrogens (tertiary/aromatic N) is 12. The van der Waals surface area contributed by atoms with Gasteiger partial charge < -0.3 is 63.2 Å².